The number of aryl methyl sites for hydroxylation is 1. The number of benzene rings is 3. The fraction of sp³-hybridized carbons (Fsp3) is 0.226. The Kier molecular flexibility index (Phi) is 12.0. The topological polar surface area (TPSA) is 135 Å². The van der Waals surface area contributed by atoms with Crippen LogP contribution in [0.4, 0.5) is 5.69 Å². The third-order valence-corrected chi connectivity index (χ3v) is 7.12. The van der Waals surface area contributed by atoms with Crippen LogP contribution < -0.4 is 29.3 Å². The summed E-state index contributed by atoms with van der Waals surface area (Å²) in [5.41, 5.74) is 4.21. The summed E-state index contributed by atoms with van der Waals surface area (Å²) in [4.78, 5) is 35.5. The van der Waals surface area contributed by atoms with Crippen LogP contribution in [0.5, 0.6) is 0 Å². The van der Waals surface area contributed by atoms with E-state index in [0.29, 0.717) is 34.0 Å². The Bertz CT molecular complexity index is 1560. The molecule has 212 valence electrons. The van der Waals surface area contributed by atoms with Gasteiger partial charge in [-0.2, -0.15) is 11.8 Å². The number of nitrogens with zero attached hydrogens (tertiary/aromatic N) is 1. The molecular formula is C31H29LiN2O7S. The minimum Gasteiger partial charge on any atom is -0.548 e. The van der Waals surface area contributed by atoms with E-state index in [1.807, 2.05) is 43.5 Å². The molecule has 0 radical (unpaired) electrons. The van der Waals surface area contributed by atoms with Crippen LogP contribution in [-0.4, -0.2) is 34.9 Å². The third kappa shape index (κ3) is 8.36. The number of nitro benzene ring substituents is 1. The Balaban J connectivity index is 0.00000484. The van der Waals surface area contributed by atoms with Gasteiger partial charge in [0.25, 0.3) is 11.6 Å². The molecular weight excluding hydrogens is 551 g/mol. The quantitative estimate of drug-likeness (QED) is 0.144. The average molecular weight is 581 g/mol. The molecule has 42 heavy (non-hydrogen) atoms. The second kappa shape index (κ2) is 15.4. The maximum absolute atomic E-state index is 13.2. The van der Waals surface area contributed by atoms with Gasteiger partial charge in [0.05, 0.1) is 23.5 Å². The van der Waals surface area contributed by atoms with Gasteiger partial charge in [0.2, 0.25) is 0 Å². The second-order valence-electron chi connectivity index (χ2n) is 9.39. The van der Waals surface area contributed by atoms with Crippen molar-refractivity contribution in [3.05, 3.63) is 111 Å². The molecule has 1 aromatic heterocycles. The van der Waals surface area contributed by atoms with Crippen molar-refractivity contribution in [3.8, 4) is 22.5 Å². The average Bonchev–Trinajstić information content (AvgIpc) is 3.44. The molecule has 0 spiro atoms. The number of furan rings is 1. The van der Waals surface area contributed by atoms with Crippen LogP contribution in [0.2, 0.25) is 0 Å². The minimum absolute atomic E-state index is 0. The Morgan fingerprint density at radius 3 is 2.50 bits per heavy atom. The molecule has 9 nitrogen and oxygen atoms in total. The van der Waals surface area contributed by atoms with Crippen LogP contribution in [0.1, 0.15) is 33.7 Å². The number of nitrogens with one attached hydrogen (secondary N) is 1. The summed E-state index contributed by atoms with van der Waals surface area (Å²) in [7, 11) is 0. The molecule has 1 N–H and O–H groups in total. The molecule has 0 unspecified atom stereocenters. The number of rotatable bonds is 13. The molecule has 0 fully saturated rings. The number of carboxylic acid groups (broad SMARTS) is 1. The van der Waals surface area contributed by atoms with Gasteiger partial charge in [-0.15, -0.1) is 0 Å². The van der Waals surface area contributed by atoms with Crippen molar-refractivity contribution in [1.29, 1.82) is 0 Å². The summed E-state index contributed by atoms with van der Waals surface area (Å²) in [6, 6.07) is 21.6. The number of amides is 1. The number of ether oxygens (including phenoxy) is 1. The van der Waals surface area contributed by atoms with E-state index in [2.05, 4.69) is 5.32 Å². The van der Waals surface area contributed by atoms with Crippen LogP contribution in [-0.2, 0) is 22.7 Å². The summed E-state index contributed by atoms with van der Waals surface area (Å²) in [6.07, 6.45) is 2.13. The van der Waals surface area contributed by atoms with Crippen molar-refractivity contribution in [3.63, 3.8) is 0 Å². The molecule has 0 aliphatic rings. The van der Waals surface area contributed by atoms with E-state index >= 15 is 0 Å². The van der Waals surface area contributed by atoms with Crippen molar-refractivity contribution in [2.75, 3.05) is 12.0 Å². The predicted octanol–water partition coefficient (Wildman–Crippen LogP) is 2.15. The second-order valence-corrected chi connectivity index (χ2v) is 10.4. The van der Waals surface area contributed by atoms with E-state index in [1.54, 1.807) is 36.4 Å². The van der Waals surface area contributed by atoms with Gasteiger partial charge in [0.15, 0.2) is 0 Å². The number of non-ortho nitro benzene ring substituents is 1. The van der Waals surface area contributed by atoms with Gasteiger partial charge in [-0.25, -0.2) is 0 Å². The van der Waals surface area contributed by atoms with E-state index in [0.717, 1.165) is 16.7 Å². The molecule has 0 bridgehead atoms. The maximum Gasteiger partial charge on any atom is 1.00 e. The first-order chi connectivity index (χ1) is 19.8. The first-order valence-corrected chi connectivity index (χ1v) is 14.3. The van der Waals surface area contributed by atoms with Gasteiger partial charge in [-0.05, 0) is 71.9 Å². The van der Waals surface area contributed by atoms with Crippen molar-refractivity contribution in [1.82, 2.24) is 5.32 Å². The Morgan fingerprint density at radius 2 is 1.79 bits per heavy atom. The smallest absolute Gasteiger partial charge is 0.548 e. The van der Waals surface area contributed by atoms with Crippen molar-refractivity contribution in [2.24, 2.45) is 0 Å². The molecule has 1 amide bonds. The number of carboxylic acids is 1. The number of hydrogen-bond acceptors (Lipinski definition) is 8. The predicted molar refractivity (Wildman–Crippen MR) is 155 cm³/mol. The molecule has 0 aliphatic heterocycles. The normalized spacial score (nSPS) is 11.4. The van der Waals surface area contributed by atoms with Crippen molar-refractivity contribution >= 4 is 29.3 Å². The molecule has 4 aromatic rings. The number of thioether (sulfide) groups is 1. The number of nitro groups is 1. The molecule has 0 saturated carbocycles. The summed E-state index contributed by atoms with van der Waals surface area (Å²) >= 11 is 1.49. The molecule has 4 rings (SSSR count). The Labute approximate surface area is 260 Å². The Hall–Kier alpha value is -3.81. The SMILES string of the molecule is CSCC[C@H](NC(=O)c1ccc(COCc2ccc(-c3cccc([N+](=O)[O-])c3)o2)cc1-c1ccccc1C)C(=O)[O-].[Li+]. The number of hydrogen-bond donors (Lipinski definition) is 1. The van der Waals surface area contributed by atoms with Crippen LogP contribution in [0.3, 0.4) is 0 Å². The van der Waals surface area contributed by atoms with Gasteiger partial charge >= 0.3 is 18.9 Å². The van der Waals surface area contributed by atoms with E-state index in [-0.39, 0.29) is 44.2 Å². The summed E-state index contributed by atoms with van der Waals surface area (Å²) in [5, 5.41) is 25.3. The van der Waals surface area contributed by atoms with Gasteiger partial charge in [0, 0.05) is 23.3 Å². The van der Waals surface area contributed by atoms with Crippen LogP contribution in [0.15, 0.2) is 83.3 Å². The van der Waals surface area contributed by atoms with Gasteiger partial charge in [-0.1, -0.05) is 42.5 Å². The van der Waals surface area contributed by atoms with E-state index in [4.69, 9.17) is 9.15 Å². The standard InChI is InChI=1S/C31H30N2O7S.Li/c1-20-6-3-4-9-25(20)27-16-21(10-12-26(27)30(34)32-28(31(35)36)14-15-41-2)18-39-19-24-11-13-29(40-24)22-7-5-8-23(17-22)33(37)38;/h3-13,16-17,28H,14-15,18-19H2,1-2H3,(H,32,34)(H,35,36);/q;+1/p-1/t28-;/m0./s1. The summed E-state index contributed by atoms with van der Waals surface area (Å²) < 4.78 is 11.7. The maximum atomic E-state index is 13.2. The number of carbonyl (C=O) groups excluding carboxylic acids is 2. The number of aliphatic carboxylic acids is 1. The fourth-order valence-electron chi connectivity index (χ4n) is 4.35. The van der Waals surface area contributed by atoms with E-state index in [1.165, 1.54) is 23.9 Å². The van der Waals surface area contributed by atoms with Crippen molar-refractivity contribution in [2.45, 2.75) is 32.6 Å². The zero-order valence-electron chi connectivity index (χ0n) is 23.6. The first-order valence-electron chi connectivity index (χ1n) is 12.9. The number of carbonyl (C=O) groups is 2. The van der Waals surface area contributed by atoms with E-state index < -0.39 is 22.8 Å². The minimum atomic E-state index is -1.32. The van der Waals surface area contributed by atoms with Crippen LogP contribution in [0.25, 0.3) is 22.5 Å². The largest absolute Gasteiger partial charge is 1.00 e. The van der Waals surface area contributed by atoms with Crippen LogP contribution in [0, 0.1) is 17.0 Å². The Morgan fingerprint density at radius 1 is 1.00 bits per heavy atom. The third-order valence-electron chi connectivity index (χ3n) is 6.48. The zero-order valence-corrected chi connectivity index (χ0v) is 24.4. The molecule has 0 aliphatic carbocycles. The zero-order chi connectivity index (χ0) is 29.4. The summed E-state index contributed by atoms with van der Waals surface area (Å²) in [5.74, 6) is -0.184. The van der Waals surface area contributed by atoms with E-state index in [9.17, 15) is 24.8 Å². The molecule has 3 aromatic carbocycles. The molecule has 1 atom stereocenters. The van der Waals surface area contributed by atoms with Crippen LogP contribution >= 0.6 is 11.8 Å². The first kappa shape index (κ1) is 32.7. The van der Waals surface area contributed by atoms with Gasteiger partial charge in [0.1, 0.15) is 18.1 Å². The van der Waals surface area contributed by atoms with Gasteiger partial charge in [-0.3, -0.25) is 14.9 Å². The summed E-state index contributed by atoms with van der Waals surface area (Å²) in [6.45, 7) is 2.33. The fourth-order valence-corrected chi connectivity index (χ4v) is 4.82. The van der Waals surface area contributed by atoms with Gasteiger partial charge < -0.3 is 24.4 Å². The molecule has 0 saturated heterocycles. The monoisotopic (exact) mass is 580 g/mol. The molecule has 11 heteroatoms. The van der Waals surface area contributed by atoms with Crippen molar-refractivity contribution < 1.29 is 47.6 Å². The molecule has 1 heterocycles.